The van der Waals surface area contributed by atoms with Crippen molar-refractivity contribution in [1.29, 1.82) is 5.26 Å². The number of hydrogen-bond donors (Lipinski definition) is 0. The van der Waals surface area contributed by atoms with Crippen LogP contribution in [0.4, 0.5) is 16.3 Å². The van der Waals surface area contributed by atoms with E-state index < -0.39 is 34.0 Å². The molecule has 0 bridgehead atoms. The number of nitro groups is 1. The number of fused-ring (bicyclic) bond motifs is 2. The summed E-state index contributed by atoms with van der Waals surface area (Å²) in [4.78, 5) is 54.5. The van der Waals surface area contributed by atoms with Crippen LogP contribution in [0.1, 0.15) is 68.0 Å². The molecule has 52 heavy (non-hydrogen) atoms. The van der Waals surface area contributed by atoms with Crippen molar-refractivity contribution in [2.75, 3.05) is 45.2 Å². The molecule has 1 aliphatic carbocycles. The lowest BCUT2D eigenvalue weighted by molar-refractivity contribution is -0.385. The van der Waals surface area contributed by atoms with Gasteiger partial charge < -0.3 is 28.9 Å². The average molecular weight is 712 g/mol. The van der Waals surface area contributed by atoms with Gasteiger partial charge in [-0.05, 0) is 76.3 Å². The largest absolute Gasteiger partial charge is 0.468 e. The minimum Gasteiger partial charge on any atom is -0.468 e. The van der Waals surface area contributed by atoms with E-state index in [1.54, 1.807) is 25.7 Å². The molecule has 2 atom stereocenters. The van der Waals surface area contributed by atoms with E-state index in [-0.39, 0.29) is 55.7 Å². The maximum Gasteiger partial charge on any atom is 0.410 e. The number of ether oxygens (including phenoxy) is 3. The number of carbonyl (C=O) groups is 2. The van der Waals surface area contributed by atoms with Crippen LogP contribution >= 0.6 is 0 Å². The fourth-order valence-corrected chi connectivity index (χ4v) is 7.71. The summed E-state index contributed by atoms with van der Waals surface area (Å²) in [5.41, 5.74) is 1.52. The van der Waals surface area contributed by atoms with Crippen molar-refractivity contribution in [2.24, 2.45) is 0 Å². The zero-order valence-electron chi connectivity index (χ0n) is 30.4. The highest BCUT2D eigenvalue weighted by molar-refractivity contribution is 5.85. The third kappa shape index (κ3) is 7.36. The number of esters is 1. The van der Waals surface area contributed by atoms with E-state index in [0.717, 1.165) is 48.2 Å². The van der Waals surface area contributed by atoms with Crippen molar-refractivity contribution in [3.05, 3.63) is 80.5 Å². The number of piperazine rings is 1. The maximum atomic E-state index is 13.8. The average Bonchev–Trinajstić information content (AvgIpc) is 3.10. The fourth-order valence-electron chi connectivity index (χ4n) is 7.71. The van der Waals surface area contributed by atoms with Gasteiger partial charge in [0.25, 0.3) is 0 Å². The van der Waals surface area contributed by atoms with Gasteiger partial charge in [0, 0.05) is 44.7 Å². The lowest BCUT2D eigenvalue weighted by atomic mass is 9.67. The second kappa shape index (κ2) is 14.7. The summed E-state index contributed by atoms with van der Waals surface area (Å²) >= 11 is 0. The number of methoxy groups -OCH3 is 1. The van der Waals surface area contributed by atoms with E-state index in [4.69, 9.17) is 24.2 Å². The molecule has 1 saturated heterocycles. The SMILES string of the molecule is COC(=O)C1(Cc2nc(Oc3cccc4c3CCN(C)C4)nc(N3CCN(C(=O)OC(C)(C)C)[C@@H](CC#N)C3)c2[N+](=O)[O-])CCCc2ccccc21. The summed E-state index contributed by atoms with van der Waals surface area (Å²) < 4.78 is 17.5. The van der Waals surface area contributed by atoms with Crippen LogP contribution in [0.3, 0.4) is 0 Å². The predicted octanol–water partition coefficient (Wildman–Crippen LogP) is 5.49. The molecule has 0 radical (unpaired) electrons. The van der Waals surface area contributed by atoms with Crippen LogP contribution in [0, 0.1) is 21.4 Å². The van der Waals surface area contributed by atoms with Gasteiger partial charge in [0.2, 0.25) is 5.82 Å². The van der Waals surface area contributed by atoms with Gasteiger partial charge in [-0.25, -0.2) is 4.79 Å². The van der Waals surface area contributed by atoms with Gasteiger partial charge in [-0.2, -0.15) is 15.2 Å². The third-order valence-corrected chi connectivity index (χ3v) is 10.1. The Morgan fingerprint density at radius 3 is 2.58 bits per heavy atom. The molecule has 2 aromatic carbocycles. The summed E-state index contributed by atoms with van der Waals surface area (Å²) in [6.07, 6.45) is 1.85. The van der Waals surface area contributed by atoms with Crippen molar-refractivity contribution in [3.8, 4) is 17.8 Å². The molecule has 1 fully saturated rings. The molecule has 274 valence electrons. The molecule has 2 aliphatic heterocycles. The van der Waals surface area contributed by atoms with Crippen molar-refractivity contribution in [1.82, 2.24) is 19.8 Å². The first-order valence-corrected chi connectivity index (χ1v) is 17.6. The monoisotopic (exact) mass is 711 g/mol. The zero-order valence-corrected chi connectivity index (χ0v) is 30.4. The van der Waals surface area contributed by atoms with Crippen molar-refractivity contribution in [2.45, 2.75) is 82.9 Å². The number of nitrogens with zero attached hydrogens (tertiary/aromatic N) is 7. The van der Waals surface area contributed by atoms with Gasteiger partial charge in [-0.3, -0.25) is 14.9 Å². The normalized spacial score (nSPS) is 20.3. The van der Waals surface area contributed by atoms with Crippen LogP contribution < -0.4 is 9.64 Å². The maximum absolute atomic E-state index is 13.8. The number of nitriles is 1. The number of hydrogen-bond acceptors (Lipinski definition) is 12. The first-order chi connectivity index (χ1) is 24.8. The molecule has 0 N–H and O–H groups in total. The van der Waals surface area contributed by atoms with Gasteiger partial charge in [-0.15, -0.1) is 0 Å². The highest BCUT2D eigenvalue weighted by atomic mass is 16.6. The van der Waals surface area contributed by atoms with Crippen LogP contribution in [-0.2, 0) is 45.5 Å². The molecule has 3 aromatic rings. The molecule has 1 unspecified atom stereocenters. The standard InChI is InChI=1S/C38H45N7O7/c1-37(2,3)52-36(47)44-21-20-43(24-27(44)15-18-39)33-32(45(48)49)30(22-38(34(46)50-5)17-9-12-25-10-6-7-13-29(25)38)40-35(41-33)51-31-14-8-11-26-23-42(4)19-16-28(26)31/h6-8,10-11,13-14,27H,9,12,15-17,19-24H2,1-5H3/t27-,38?/m0/s1. The van der Waals surface area contributed by atoms with E-state index in [0.29, 0.717) is 18.6 Å². The second-order valence-corrected chi connectivity index (χ2v) is 14.8. The topological polar surface area (TPSA) is 164 Å². The molecule has 0 saturated carbocycles. The van der Waals surface area contributed by atoms with Crippen molar-refractivity contribution >= 4 is 23.6 Å². The van der Waals surface area contributed by atoms with Crippen LogP contribution in [0.25, 0.3) is 0 Å². The van der Waals surface area contributed by atoms with Crippen LogP contribution in [0.5, 0.6) is 11.8 Å². The van der Waals surface area contributed by atoms with E-state index in [2.05, 4.69) is 18.0 Å². The quantitative estimate of drug-likeness (QED) is 0.164. The molecule has 3 aliphatic rings. The Morgan fingerprint density at radius 1 is 1.08 bits per heavy atom. The molecule has 14 heteroatoms. The molecule has 1 amide bonds. The summed E-state index contributed by atoms with van der Waals surface area (Å²) in [6, 6.07) is 14.8. The van der Waals surface area contributed by atoms with Gasteiger partial charge in [0.1, 0.15) is 17.0 Å². The predicted molar refractivity (Wildman–Crippen MR) is 191 cm³/mol. The van der Waals surface area contributed by atoms with Crippen LogP contribution in [-0.4, -0.2) is 88.7 Å². The Morgan fingerprint density at radius 2 is 1.85 bits per heavy atom. The summed E-state index contributed by atoms with van der Waals surface area (Å²) in [5, 5.41) is 22.9. The first-order valence-electron chi connectivity index (χ1n) is 17.6. The van der Waals surface area contributed by atoms with Gasteiger partial charge >= 0.3 is 23.8 Å². The van der Waals surface area contributed by atoms with E-state index in [1.807, 2.05) is 42.5 Å². The summed E-state index contributed by atoms with van der Waals surface area (Å²) in [5.74, 6) is 0.0439. The Labute approximate surface area is 303 Å². The highest BCUT2D eigenvalue weighted by Crippen LogP contribution is 2.44. The highest BCUT2D eigenvalue weighted by Gasteiger charge is 2.47. The number of rotatable bonds is 8. The Kier molecular flexibility index (Phi) is 10.4. The molecule has 6 rings (SSSR count). The van der Waals surface area contributed by atoms with E-state index in [9.17, 15) is 25.0 Å². The van der Waals surface area contributed by atoms with Gasteiger partial charge in [0.15, 0.2) is 0 Å². The van der Waals surface area contributed by atoms with E-state index >= 15 is 0 Å². The van der Waals surface area contributed by atoms with Crippen LogP contribution in [0.2, 0.25) is 0 Å². The van der Waals surface area contributed by atoms with Crippen molar-refractivity contribution in [3.63, 3.8) is 0 Å². The van der Waals surface area contributed by atoms with Gasteiger partial charge in [0.05, 0.1) is 36.0 Å². The van der Waals surface area contributed by atoms with Gasteiger partial charge in [-0.1, -0.05) is 36.4 Å². The number of likely N-dealkylation sites (N-methyl/N-ethyl adjacent to an activating group) is 1. The molecule has 1 aromatic heterocycles. The minimum absolute atomic E-state index is 0.00887. The van der Waals surface area contributed by atoms with Crippen molar-refractivity contribution < 1.29 is 28.7 Å². The minimum atomic E-state index is -1.24. The Balaban J connectivity index is 1.48. The number of amides is 1. The molecule has 0 spiro atoms. The third-order valence-electron chi connectivity index (χ3n) is 10.1. The van der Waals surface area contributed by atoms with E-state index in [1.165, 1.54) is 12.0 Å². The fraction of sp³-hybridized carbons (Fsp3) is 0.500. The Hall–Kier alpha value is -5.29. The molecular formula is C38H45N7O7. The summed E-state index contributed by atoms with van der Waals surface area (Å²) in [6.45, 7) is 7.23. The molecular weight excluding hydrogens is 666 g/mol. The number of anilines is 1. The first kappa shape index (κ1) is 36.5. The Bertz CT molecular complexity index is 1910. The number of benzene rings is 2. The summed E-state index contributed by atoms with van der Waals surface area (Å²) in [7, 11) is 3.38. The number of carbonyl (C=O) groups excluding carboxylic acids is 2. The smallest absolute Gasteiger partial charge is 0.410 e. The zero-order chi connectivity index (χ0) is 37.2. The lowest BCUT2D eigenvalue weighted by Gasteiger charge is -2.41. The van der Waals surface area contributed by atoms with Crippen LogP contribution in [0.15, 0.2) is 42.5 Å². The molecule has 3 heterocycles. The second-order valence-electron chi connectivity index (χ2n) is 14.8. The number of aryl methyl sites for hydroxylation is 1. The lowest BCUT2D eigenvalue weighted by Crippen LogP contribution is -2.56. The molecule has 14 nitrogen and oxygen atoms in total. The number of aromatic nitrogens is 2.